The first-order valence-electron chi connectivity index (χ1n) is 2.61. The number of rotatable bonds is 3. The second-order valence-electron chi connectivity index (χ2n) is 1.11. The Morgan fingerprint density at radius 1 is 1.40 bits per heavy atom. The number of hydrogen-bond acceptors (Lipinski definition) is 2. The van der Waals surface area contributed by atoms with E-state index in [-0.39, 0.29) is 6.61 Å². The van der Waals surface area contributed by atoms with Gasteiger partial charge < -0.3 is 9.84 Å². The summed E-state index contributed by atoms with van der Waals surface area (Å²) in [5, 5.41) is 8.07. The van der Waals surface area contributed by atoms with Crippen molar-refractivity contribution in [1.82, 2.24) is 0 Å². The van der Waals surface area contributed by atoms with Crippen LogP contribution in [0.25, 0.3) is 0 Å². The van der Waals surface area contributed by atoms with Crippen LogP contribution >= 0.6 is 25.5 Å². The minimum absolute atomic E-state index is 0.133. The second kappa shape index (κ2) is 13.3. The zero-order valence-corrected chi connectivity index (χ0v) is 11.3. The molecule has 6 heteroatoms. The maximum atomic E-state index is 8.07. The third-order valence-corrected chi connectivity index (χ3v) is 0.440. The molecule has 0 radical (unpaired) electrons. The van der Waals surface area contributed by atoms with Crippen molar-refractivity contribution < 1.29 is 9.84 Å². The van der Waals surface area contributed by atoms with Gasteiger partial charge in [-0.1, -0.05) is 0 Å². The van der Waals surface area contributed by atoms with Crippen LogP contribution in [0.1, 0.15) is 6.92 Å². The second-order valence-corrected chi connectivity index (χ2v) is 16.1. The molecular weight excluding hydrogens is 395 g/mol. The Morgan fingerprint density at radius 2 is 1.80 bits per heavy atom. The van der Waals surface area contributed by atoms with E-state index >= 15 is 0 Å². The summed E-state index contributed by atoms with van der Waals surface area (Å²) in [4.78, 5) is 0. The van der Waals surface area contributed by atoms with E-state index in [1.807, 2.05) is 6.92 Å². The summed E-state index contributed by atoms with van der Waals surface area (Å²) < 4.78 is 4.73. The molecule has 1 N–H and O–H groups in total. The zero-order valence-electron chi connectivity index (χ0n) is 5.56. The van der Waals surface area contributed by atoms with E-state index in [1.165, 1.54) is 0 Å². The number of hydrogen-bond donors (Lipinski definition) is 1. The van der Waals surface area contributed by atoms with Crippen molar-refractivity contribution in [3.05, 3.63) is 0 Å². The summed E-state index contributed by atoms with van der Waals surface area (Å²) in [6, 6.07) is 0. The molecule has 0 aromatic rings. The normalized spacial score (nSPS) is 9.00. The zero-order chi connectivity index (χ0) is 8.41. The van der Waals surface area contributed by atoms with Gasteiger partial charge in [-0.3, -0.25) is 0 Å². The number of aliphatic hydroxyl groups excluding tert-OH is 1. The Bertz CT molecular complexity index is 49.0. The van der Waals surface area contributed by atoms with Gasteiger partial charge in [-0.15, -0.1) is 0 Å². The van der Waals surface area contributed by atoms with Crippen LogP contribution in [-0.2, 0) is 4.74 Å². The Hall–Kier alpha value is 1.67. The van der Waals surface area contributed by atoms with Crippen LogP contribution in [0.4, 0.5) is 0 Å². The SMILES string of the molecule is CCOCCO.[Cl][Bi]([Cl])[Cl]. The van der Waals surface area contributed by atoms with E-state index in [1.54, 1.807) is 0 Å². The fourth-order valence-electron chi connectivity index (χ4n) is 0.209. The topological polar surface area (TPSA) is 29.5 Å². The van der Waals surface area contributed by atoms with Crippen molar-refractivity contribution >= 4 is 43.7 Å². The van der Waals surface area contributed by atoms with Crippen LogP contribution in [0.5, 0.6) is 0 Å². The number of aliphatic hydroxyl groups is 1. The maximum absolute atomic E-state index is 8.07. The van der Waals surface area contributed by atoms with Crippen LogP contribution in [0, 0.1) is 0 Å². The van der Waals surface area contributed by atoms with Gasteiger partial charge in [-0.05, 0) is 6.92 Å². The van der Waals surface area contributed by atoms with Crippen LogP contribution in [0.3, 0.4) is 0 Å². The van der Waals surface area contributed by atoms with E-state index in [4.69, 9.17) is 35.4 Å². The summed E-state index contributed by atoms with van der Waals surface area (Å²) in [6.45, 7) is 3.20. The molecular formula is C4H10BiCl3O2. The van der Waals surface area contributed by atoms with Crippen LogP contribution in [0.15, 0.2) is 0 Å². The van der Waals surface area contributed by atoms with Gasteiger partial charge in [0.25, 0.3) is 0 Å². The van der Waals surface area contributed by atoms with Crippen molar-refractivity contribution in [3.8, 4) is 0 Å². The van der Waals surface area contributed by atoms with Crippen LogP contribution in [-0.4, -0.2) is 43.1 Å². The Labute approximate surface area is 79.7 Å². The number of halogens is 3. The first-order chi connectivity index (χ1) is 4.65. The van der Waals surface area contributed by atoms with Crippen molar-refractivity contribution in [3.63, 3.8) is 0 Å². The van der Waals surface area contributed by atoms with Gasteiger partial charge in [0.15, 0.2) is 0 Å². The van der Waals surface area contributed by atoms with E-state index in [2.05, 4.69) is 0 Å². The molecule has 0 saturated heterocycles. The molecule has 0 fully saturated rings. The monoisotopic (exact) mass is 404 g/mol. The molecule has 0 saturated carbocycles. The van der Waals surface area contributed by atoms with Crippen molar-refractivity contribution in [2.24, 2.45) is 0 Å². The first kappa shape index (κ1) is 14.2. The summed E-state index contributed by atoms with van der Waals surface area (Å²) in [6.07, 6.45) is 0. The third kappa shape index (κ3) is 33.3. The molecule has 2 nitrogen and oxygen atoms in total. The van der Waals surface area contributed by atoms with Crippen molar-refractivity contribution in [1.29, 1.82) is 0 Å². The fraction of sp³-hybridized carbons (Fsp3) is 1.00. The van der Waals surface area contributed by atoms with E-state index in [0.29, 0.717) is 13.2 Å². The van der Waals surface area contributed by atoms with Gasteiger partial charge in [0, 0.05) is 6.61 Å². The quantitative estimate of drug-likeness (QED) is 0.572. The van der Waals surface area contributed by atoms with Crippen molar-refractivity contribution in [2.45, 2.75) is 6.92 Å². The fourth-order valence-corrected chi connectivity index (χ4v) is 0.209. The van der Waals surface area contributed by atoms with Crippen molar-refractivity contribution in [2.75, 3.05) is 19.8 Å². The number of ether oxygens (including phenoxy) is 1. The summed E-state index contributed by atoms with van der Waals surface area (Å²) in [7, 11) is 15.0. The van der Waals surface area contributed by atoms with Gasteiger partial charge >= 0.3 is 43.7 Å². The van der Waals surface area contributed by atoms with E-state index in [0.717, 1.165) is 0 Å². The molecule has 0 aromatic carbocycles. The molecule has 0 unspecified atom stereocenters. The molecule has 0 aliphatic heterocycles. The van der Waals surface area contributed by atoms with Gasteiger partial charge in [0.05, 0.1) is 13.2 Å². The molecule has 0 spiro atoms. The van der Waals surface area contributed by atoms with Gasteiger partial charge in [-0.2, -0.15) is 0 Å². The Morgan fingerprint density at radius 3 is 1.90 bits per heavy atom. The predicted molar refractivity (Wildman–Crippen MR) is 46.9 cm³/mol. The van der Waals surface area contributed by atoms with Gasteiger partial charge in [0.1, 0.15) is 0 Å². The van der Waals surface area contributed by atoms with Gasteiger partial charge in [-0.25, -0.2) is 0 Å². The molecule has 0 rings (SSSR count). The average molecular weight is 405 g/mol. The molecule has 0 aliphatic rings. The van der Waals surface area contributed by atoms with Gasteiger partial charge in [0.2, 0.25) is 0 Å². The molecule has 0 aromatic heterocycles. The summed E-state index contributed by atoms with van der Waals surface area (Å²) in [5.41, 5.74) is 0. The summed E-state index contributed by atoms with van der Waals surface area (Å²) in [5.74, 6) is 0. The van der Waals surface area contributed by atoms with E-state index in [9.17, 15) is 0 Å². The molecule has 0 bridgehead atoms. The average Bonchev–Trinajstić information content (AvgIpc) is 1.82. The standard InChI is InChI=1S/C4H10O2.Bi.3ClH/c1-2-6-4-3-5;;;;/h5H,2-4H2,1H3;;3*1H/q;+3;;;/p-3. The predicted octanol–water partition coefficient (Wildman–Crippen LogP) is 1.70. The Kier molecular flexibility index (Phi) is 18.9. The third-order valence-electron chi connectivity index (χ3n) is 0.440. The van der Waals surface area contributed by atoms with Crippen LogP contribution < -0.4 is 0 Å². The molecule has 64 valence electrons. The molecule has 0 heterocycles. The molecule has 0 amide bonds. The Balaban J connectivity index is 0. The first-order valence-corrected chi connectivity index (χ1v) is 15.4. The van der Waals surface area contributed by atoms with Crippen LogP contribution in [0.2, 0.25) is 0 Å². The minimum atomic E-state index is -2.18. The molecule has 0 atom stereocenters. The summed E-state index contributed by atoms with van der Waals surface area (Å²) >= 11 is -2.18. The molecule has 0 aliphatic carbocycles. The van der Waals surface area contributed by atoms with E-state index < -0.39 is 18.2 Å². The molecule has 10 heavy (non-hydrogen) atoms.